The molecule has 0 unspecified atom stereocenters. The third-order valence-electron chi connectivity index (χ3n) is 5.06. The number of rotatable bonds is 6. The molecule has 2 aliphatic heterocycles. The van der Waals surface area contributed by atoms with Crippen LogP contribution in [0.1, 0.15) is 12.8 Å². The molecule has 0 bridgehead atoms. The Bertz CT molecular complexity index is 1140. The number of carbonyl (C=O) groups excluding carboxylic acids is 2. The van der Waals surface area contributed by atoms with Gasteiger partial charge in [0.25, 0.3) is 11.8 Å². The zero-order valence-corrected chi connectivity index (χ0v) is 16.6. The smallest absolute Gasteiger partial charge is 0.263 e. The van der Waals surface area contributed by atoms with E-state index < -0.39 is 23.9 Å². The van der Waals surface area contributed by atoms with E-state index in [0.717, 1.165) is 10.5 Å². The van der Waals surface area contributed by atoms with Gasteiger partial charge in [0.05, 0.1) is 12.3 Å². The Morgan fingerprint density at radius 1 is 1.03 bits per heavy atom. The lowest BCUT2D eigenvalue weighted by molar-refractivity contribution is -0.123. The van der Waals surface area contributed by atoms with E-state index in [0.29, 0.717) is 23.9 Å². The zero-order chi connectivity index (χ0) is 21.4. The molecule has 3 aromatic rings. The van der Waals surface area contributed by atoms with E-state index in [-0.39, 0.29) is 12.4 Å². The molecular formula is C21H18N6O4. The van der Waals surface area contributed by atoms with Gasteiger partial charge in [0, 0.05) is 5.56 Å². The summed E-state index contributed by atoms with van der Waals surface area (Å²) in [7, 11) is 0. The van der Waals surface area contributed by atoms with E-state index in [1.165, 1.54) is 5.01 Å². The van der Waals surface area contributed by atoms with Crippen LogP contribution in [-0.4, -0.2) is 45.7 Å². The van der Waals surface area contributed by atoms with Crippen LogP contribution in [0.25, 0.3) is 11.4 Å². The number of amides is 2. The minimum Gasteiger partial charge on any atom is -0.494 e. The second-order valence-electron chi connectivity index (χ2n) is 7.01. The normalized spacial score (nSPS) is 19.9. The van der Waals surface area contributed by atoms with Crippen molar-refractivity contribution in [1.29, 1.82) is 0 Å². The molecule has 1 aromatic heterocycles. The molecule has 10 heteroatoms. The second-order valence-corrected chi connectivity index (χ2v) is 7.01. The van der Waals surface area contributed by atoms with Gasteiger partial charge in [-0.25, -0.2) is 4.90 Å². The van der Waals surface area contributed by atoms with Crippen molar-refractivity contribution in [3.05, 3.63) is 60.5 Å². The fraction of sp³-hybridized carbons (Fsp3) is 0.238. The van der Waals surface area contributed by atoms with Crippen LogP contribution in [0.3, 0.4) is 0 Å². The Labute approximate surface area is 177 Å². The lowest BCUT2D eigenvalue weighted by Crippen LogP contribution is -2.39. The molecule has 2 aliphatic rings. The monoisotopic (exact) mass is 418 g/mol. The molecule has 1 saturated heterocycles. The van der Waals surface area contributed by atoms with Crippen molar-refractivity contribution in [1.82, 2.24) is 15.1 Å². The summed E-state index contributed by atoms with van der Waals surface area (Å²) >= 11 is 0. The number of aromatic nitrogens is 2. The van der Waals surface area contributed by atoms with Crippen LogP contribution in [0.4, 0.5) is 5.69 Å². The Morgan fingerprint density at radius 3 is 2.55 bits per heavy atom. The summed E-state index contributed by atoms with van der Waals surface area (Å²) in [5.41, 5.74) is 1.28. The molecule has 0 radical (unpaired) electrons. The van der Waals surface area contributed by atoms with E-state index in [1.54, 1.807) is 24.3 Å². The Kier molecular flexibility index (Phi) is 4.66. The third kappa shape index (κ3) is 3.31. The fourth-order valence-corrected chi connectivity index (χ4v) is 3.63. The molecule has 0 N–H and O–H groups in total. The molecule has 1 fully saturated rings. The largest absolute Gasteiger partial charge is 0.494 e. The van der Waals surface area contributed by atoms with Crippen LogP contribution in [0.2, 0.25) is 0 Å². The summed E-state index contributed by atoms with van der Waals surface area (Å²) in [4.78, 5) is 31.4. The summed E-state index contributed by atoms with van der Waals surface area (Å²) < 4.78 is 10.7. The molecule has 31 heavy (non-hydrogen) atoms. The van der Waals surface area contributed by atoms with Crippen molar-refractivity contribution in [2.45, 2.75) is 25.6 Å². The molecule has 0 saturated carbocycles. The van der Waals surface area contributed by atoms with Gasteiger partial charge in [-0.15, -0.1) is 0 Å². The molecule has 2 amide bonds. The quantitative estimate of drug-likeness (QED) is 0.565. The first kappa shape index (κ1) is 18.9. The van der Waals surface area contributed by atoms with Crippen molar-refractivity contribution in [2.75, 3.05) is 11.5 Å². The summed E-state index contributed by atoms with van der Waals surface area (Å²) in [6.07, 6.45) is 0. The van der Waals surface area contributed by atoms with Crippen LogP contribution in [-0.2, 0) is 16.1 Å². The van der Waals surface area contributed by atoms with Crippen molar-refractivity contribution in [2.24, 2.45) is 10.3 Å². The molecule has 5 rings (SSSR count). The van der Waals surface area contributed by atoms with Gasteiger partial charge in [-0.05, 0) is 31.2 Å². The number of hydrogen-bond donors (Lipinski definition) is 0. The summed E-state index contributed by atoms with van der Waals surface area (Å²) in [6, 6.07) is 14.4. The van der Waals surface area contributed by atoms with Gasteiger partial charge in [0.15, 0.2) is 12.1 Å². The van der Waals surface area contributed by atoms with Crippen molar-refractivity contribution in [3.63, 3.8) is 0 Å². The van der Waals surface area contributed by atoms with Crippen LogP contribution in [0.5, 0.6) is 5.75 Å². The molecule has 2 aromatic carbocycles. The second kappa shape index (κ2) is 7.63. The average molecular weight is 418 g/mol. The first-order chi connectivity index (χ1) is 15.2. The number of imide groups is 1. The van der Waals surface area contributed by atoms with Crippen LogP contribution >= 0.6 is 0 Å². The van der Waals surface area contributed by atoms with Gasteiger partial charge >= 0.3 is 0 Å². The highest BCUT2D eigenvalue weighted by atomic mass is 16.5. The molecule has 10 nitrogen and oxygen atoms in total. The lowest BCUT2D eigenvalue weighted by Gasteiger charge is -2.19. The minimum atomic E-state index is -0.893. The van der Waals surface area contributed by atoms with E-state index in [2.05, 4.69) is 20.5 Å². The number of fused-ring (bicyclic) bond motifs is 1. The van der Waals surface area contributed by atoms with Crippen molar-refractivity contribution in [3.8, 4) is 17.1 Å². The van der Waals surface area contributed by atoms with Crippen molar-refractivity contribution >= 4 is 17.5 Å². The molecule has 156 valence electrons. The van der Waals surface area contributed by atoms with Gasteiger partial charge in [0.2, 0.25) is 11.7 Å². The van der Waals surface area contributed by atoms with E-state index in [4.69, 9.17) is 9.26 Å². The summed E-state index contributed by atoms with van der Waals surface area (Å²) in [6.45, 7) is 2.48. The number of hydrogen-bond acceptors (Lipinski definition) is 9. The van der Waals surface area contributed by atoms with Gasteiger partial charge in [-0.2, -0.15) is 10.1 Å². The van der Waals surface area contributed by atoms with E-state index in [1.807, 2.05) is 37.3 Å². The van der Waals surface area contributed by atoms with Gasteiger partial charge in [-0.1, -0.05) is 40.7 Å². The molecular weight excluding hydrogens is 400 g/mol. The number of benzene rings is 2. The number of carbonyl (C=O) groups is 2. The predicted molar refractivity (Wildman–Crippen MR) is 108 cm³/mol. The van der Waals surface area contributed by atoms with Crippen LogP contribution in [0.15, 0.2) is 69.5 Å². The molecule has 2 atom stereocenters. The zero-order valence-electron chi connectivity index (χ0n) is 16.6. The number of anilines is 1. The average Bonchev–Trinajstić information content (AvgIpc) is 3.48. The Morgan fingerprint density at radius 2 is 1.81 bits per heavy atom. The van der Waals surface area contributed by atoms with Crippen LogP contribution in [0, 0.1) is 0 Å². The fourth-order valence-electron chi connectivity index (χ4n) is 3.63. The number of ether oxygens (including phenoxy) is 1. The molecule has 3 heterocycles. The highest BCUT2D eigenvalue weighted by Gasteiger charge is 2.55. The highest BCUT2D eigenvalue weighted by Crippen LogP contribution is 2.33. The standard InChI is InChI=1S/C21H18N6O4/c1-2-30-15-10-8-14(9-11-15)27-20(28)17-18(21(27)29)26(25-23-17)12-16-22-19(24-31-16)13-6-4-3-5-7-13/h3-11,17-18H,2,12H2,1H3/t17-,18+/m0/s1. The van der Waals surface area contributed by atoms with Gasteiger partial charge in [-0.3, -0.25) is 14.6 Å². The first-order valence-electron chi connectivity index (χ1n) is 9.82. The first-order valence-corrected chi connectivity index (χ1v) is 9.82. The molecule has 0 spiro atoms. The third-order valence-corrected chi connectivity index (χ3v) is 5.06. The topological polar surface area (TPSA) is 113 Å². The molecule has 0 aliphatic carbocycles. The lowest BCUT2D eigenvalue weighted by atomic mass is 10.1. The van der Waals surface area contributed by atoms with Gasteiger partial charge in [0.1, 0.15) is 12.3 Å². The van der Waals surface area contributed by atoms with Gasteiger partial charge < -0.3 is 9.26 Å². The summed E-state index contributed by atoms with van der Waals surface area (Å²) in [5.74, 6) is 0.566. The maximum atomic E-state index is 13.1. The summed E-state index contributed by atoms with van der Waals surface area (Å²) in [5, 5.41) is 13.4. The van der Waals surface area contributed by atoms with Crippen molar-refractivity contribution < 1.29 is 18.8 Å². The SMILES string of the molecule is CCOc1ccc(N2C(=O)[C@H]3N=NN(Cc4nc(-c5ccccc5)no4)[C@H]3C2=O)cc1. The van der Waals surface area contributed by atoms with Crippen LogP contribution < -0.4 is 9.64 Å². The highest BCUT2D eigenvalue weighted by molar-refractivity contribution is 6.25. The Hall–Kier alpha value is -4.08. The predicted octanol–water partition coefficient (Wildman–Crippen LogP) is 2.63. The maximum Gasteiger partial charge on any atom is 0.263 e. The Balaban J connectivity index is 1.34. The van der Waals surface area contributed by atoms with E-state index >= 15 is 0 Å². The van der Waals surface area contributed by atoms with E-state index in [9.17, 15) is 9.59 Å². The number of nitrogens with zero attached hydrogens (tertiary/aromatic N) is 6. The maximum absolute atomic E-state index is 13.1. The minimum absolute atomic E-state index is 0.0701.